The van der Waals surface area contributed by atoms with Gasteiger partial charge in [-0.25, -0.2) is 4.57 Å². The van der Waals surface area contributed by atoms with Gasteiger partial charge in [-0.05, 0) is 36.4 Å². The van der Waals surface area contributed by atoms with Crippen LogP contribution in [0.3, 0.4) is 0 Å². The van der Waals surface area contributed by atoms with Gasteiger partial charge in [-0.2, -0.15) is 0 Å². The van der Waals surface area contributed by atoms with Crippen molar-refractivity contribution in [1.82, 2.24) is 0 Å². The summed E-state index contributed by atoms with van der Waals surface area (Å²) >= 11 is 0. The Morgan fingerprint density at radius 2 is 0.686 bits per heavy atom. The zero-order valence-corrected chi connectivity index (χ0v) is 24.8. The van der Waals surface area contributed by atoms with Gasteiger partial charge in [-0.3, -0.25) is 0 Å². The lowest BCUT2D eigenvalue weighted by atomic mass is 10.3. The molecule has 0 unspecified atom stereocenters. The summed E-state index contributed by atoms with van der Waals surface area (Å²) in [6.45, 7) is 0. The lowest BCUT2D eigenvalue weighted by Crippen LogP contribution is -2.08. The monoisotopic (exact) mass is 680 g/mol. The van der Waals surface area contributed by atoms with Crippen LogP contribution in [0.2, 0.25) is 0 Å². The van der Waals surface area contributed by atoms with Gasteiger partial charge in [0.05, 0.1) is 64.1 Å². The van der Waals surface area contributed by atoms with Crippen LogP contribution in [0, 0.1) is 0 Å². The van der Waals surface area contributed by atoms with E-state index in [2.05, 4.69) is 0 Å². The molecule has 0 spiro atoms. The molecular weight excluding hydrogens is 668 g/mol. The summed E-state index contributed by atoms with van der Waals surface area (Å²) in [6.07, 6.45) is 0. The molecule has 0 saturated carbocycles. The molecule has 0 aromatic heterocycles. The quantitative estimate of drug-likeness (QED) is 0.176. The summed E-state index contributed by atoms with van der Waals surface area (Å²) in [7, 11) is 21.0. The molecule has 3 aromatic carbocycles. The third-order valence-corrected chi connectivity index (χ3v) is 13.0. The van der Waals surface area contributed by atoms with Gasteiger partial charge in [-0.1, -0.05) is 54.6 Å². The highest BCUT2D eigenvalue weighted by Crippen LogP contribution is 2.82. The first-order valence-corrected chi connectivity index (χ1v) is 19.9. The van der Waals surface area contributed by atoms with Crippen LogP contribution in [0.15, 0.2) is 91.0 Å². The Hall–Kier alpha value is -0.0400. The highest BCUT2D eigenvalue weighted by molar-refractivity contribution is 8.63. The fraction of sp³-hybridized carbons (Fsp3) is 0. The average molecular weight is 683 g/mol. The van der Waals surface area contributed by atoms with Crippen LogP contribution in [0.4, 0.5) is 0 Å². The molecular formula is C18H15Cl6O7PS3. The minimum atomic E-state index is -5.05. The van der Waals surface area contributed by atoms with E-state index in [9.17, 15) is 4.57 Å². The third-order valence-electron chi connectivity index (χ3n) is 3.34. The lowest BCUT2D eigenvalue weighted by Gasteiger charge is -2.37. The van der Waals surface area contributed by atoms with Crippen molar-refractivity contribution in [1.29, 1.82) is 0 Å². The predicted octanol–water partition coefficient (Wildman–Crippen LogP) is 11.2. The Morgan fingerprint density at radius 1 is 0.457 bits per heavy atom. The van der Waals surface area contributed by atoms with E-state index < -0.39 is 34.9 Å². The van der Waals surface area contributed by atoms with E-state index in [4.69, 9.17) is 88.6 Å². The van der Waals surface area contributed by atoms with E-state index >= 15 is 0 Å². The van der Waals surface area contributed by atoms with E-state index in [1.165, 1.54) is 36.4 Å². The van der Waals surface area contributed by atoms with E-state index in [1.807, 2.05) is 0 Å². The number of hydrogen-bond acceptors (Lipinski definition) is 7. The van der Waals surface area contributed by atoms with Crippen LogP contribution in [0.5, 0.6) is 17.2 Å². The molecule has 7 nitrogen and oxygen atoms in total. The Balaban J connectivity index is 1.85. The van der Waals surface area contributed by atoms with Crippen molar-refractivity contribution in [3.05, 3.63) is 91.0 Å². The summed E-state index contributed by atoms with van der Waals surface area (Å²) in [5.74, 6) is 0.558. The molecule has 0 bridgehead atoms. The van der Waals surface area contributed by atoms with Gasteiger partial charge in [0.25, 0.3) is 0 Å². The van der Waals surface area contributed by atoms with Crippen molar-refractivity contribution in [2.24, 2.45) is 0 Å². The zero-order valence-electron chi connectivity index (χ0n) is 17.0. The summed E-state index contributed by atoms with van der Waals surface area (Å²) in [6, 6.07) is 24.2. The van der Waals surface area contributed by atoms with E-state index in [-0.39, 0.29) is 17.2 Å². The zero-order chi connectivity index (χ0) is 25.6. The normalized spacial score (nSPS) is 14.1. The first kappa shape index (κ1) is 29.5. The molecule has 0 N–H and O–H groups in total. The molecule has 0 saturated heterocycles. The van der Waals surface area contributed by atoms with E-state index in [0.29, 0.717) is 0 Å². The van der Waals surface area contributed by atoms with Crippen molar-refractivity contribution in [2.75, 3.05) is 0 Å². The number of para-hydroxylation sites is 3. The number of benzene rings is 3. The molecule has 0 aliphatic heterocycles. The second-order valence-corrected chi connectivity index (χ2v) is 20.2. The van der Waals surface area contributed by atoms with Crippen molar-refractivity contribution in [3.63, 3.8) is 0 Å². The van der Waals surface area contributed by atoms with Gasteiger partial charge in [-0.15, -0.1) is 11.9 Å². The molecule has 35 heavy (non-hydrogen) atoms. The molecule has 0 atom stereocenters. The van der Waals surface area contributed by atoms with Gasteiger partial charge >= 0.3 is 7.82 Å². The molecule has 0 fully saturated rings. The second-order valence-electron chi connectivity index (χ2n) is 5.99. The maximum Gasteiger partial charge on any atom is 0.540 e. The first-order valence-electron chi connectivity index (χ1n) is 9.00. The number of halogens is 6. The van der Waals surface area contributed by atoms with Crippen LogP contribution in [0.1, 0.15) is 0 Å². The van der Waals surface area contributed by atoms with Gasteiger partial charge in [0.1, 0.15) is 0 Å². The molecule has 0 aliphatic carbocycles. The summed E-state index contributed by atoms with van der Waals surface area (Å²) < 4.78 is 45.5. The standard InChI is InChI=1S/C18H15Cl6O7PS3/c19-33(20,26-16-10-4-1-5-11-16)29-32(25,30-34(21,22)27-17-12-6-2-7-13-17)31-35(23,24)28-18-14-8-3-9-15-18/h1-15H. The molecule has 3 aromatic rings. The van der Waals surface area contributed by atoms with Crippen molar-refractivity contribution in [2.45, 2.75) is 0 Å². The number of hydrogen-bond donors (Lipinski definition) is 0. The minimum Gasteiger partial charge on any atom is -0.362 e. The molecule has 17 heteroatoms. The second kappa shape index (κ2) is 12.7. The average Bonchev–Trinajstić information content (AvgIpc) is 2.73. The predicted molar refractivity (Wildman–Crippen MR) is 150 cm³/mol. The Morgan fingerprint density at radius 3 is 0.914 bits per heavy atom. The Labute approximate surface area is 234 Å². The molecule has 0 aliphatic rings. The lowest BCUT2D eigenvalue weighted by molar-refractivity contribution is 0.320. The third kappa shape index (κ3) is 10.7. The SMILES string of the molecule is O=P(OS(Cl)(Cl)Oc1ccccc1)(OS(Cl)(Cl)Oc1ccccc1)OS(Cl)(Cl)Oc1ccccc1. The van der Waals surface area contributed by atoms with Crippen LogP contribution in [-0.4, -0.2) is 0 Å². The van der Waals surface area contributed by atoms with Crippen molar-refractivity contribution in [3.8, 4) is 17.2 Å². The topological polar surface area (TPSA) is 72.5 Å². The van der Waals surface area contributed by atoms with Crippen LogP contribution in [-0.2, 0) is 16.5 Å². The minimum absolute atomic E-state index is 0.186. The molecule has 0 heterocycles. The van der Waals surface area contributed by atoms with Gasteiger partial charge in [0.2, 0.25) is 0 Å². The first-order chi connectivity index (χ1) is 16.4. The van der Waals surface area contributed by atoms with Crippen LogP contribution < -0.4 is 12.5 Å². The highest BCUT2D eigenvalue weighted by atomic mass is 36.0. The fourth-order valence-electron chi connectivity index (χ4n) is 2.17. The van der Waals surface area contributed by atoms with Crippen molar-refractivity contribution >= 4 is 99.0 Å². The maximum atomic E-state index is 13.7. The highest BCUT2D eigenvalue weighted by Gasteiger charge is 2.47. The number of rotatable bonds is 12. The fourth-order valence-corrected chi connectivity index (χ4v) is 12.1. The van der Waals surface area contributed by atoms with Gasteiger partial charge < -0.3 is 12.5 Å². The Kier molecular flexibility index (Phi) is 10.7. The summed E-state index contributed by atoms with van der Waals surface area (Å²) in [5.41, 5.74) is 0. The molecule has 194 valence electrons. The number of phosphoric acid groups is 1. The van der Waals surface area contributed by atoms with Gasteiger partial charge in [0, 0.05) is 27.1 Å². The van der Waals surface area contributed by atoms with Gasteiger partial charge in [0.15, 0.2) is 17.2 Å². The maximum absolute atomic E-state index is 13.7. The van der Waals surface area contributed by atoms with Crippen LogP contribution in [0.25, 0.3) is 0 Å². The molecule has 0 radical (unpaired) electrons. The smallest absolute Gasteiger partial charge is 0.362 e. The van der Waals surface area contributed by atoms with E-state index in [0.717, 1.165) is 0 Å². The molecule has 0 amide bonds. The summed E-state index contributed by atoms with van der Waals surface area (Å²) in [5, 5.41) is 0. The van der Waals surface area contributed by atoms with E-state index in [1.54, 1.807) is 54.6 Å². The largest absolute Gasteiger partial charge is 0.540 e. The molecule has 3 rings (SSSR count). The Bertz CT molecular complexity index is 992. The summed E-state index contributed by atoms with van der Waals surface area (Å²) in [4.78, 5) is 0. The van der Waals surface area contributed by atoms with Crippen molar-refractivity contribution < 1.29 is 29.0 Å². The van der Waals surface area contributed by atoms with Crippen LogP contribution >= 0.6 is 99.0 Å².